The van der Waals surface area contributed by atoms with Crippen LogP contribution in [0.5, 0.6) is 0 Å². The minimum absolute atomic E-state index is 0.0109. The molecule has 20 heavy (non-hydrogen) atoms. The summed E-state index contributed by atoms with van der Waals surface area (Å²) >= 11 is 0. The van der Waals surface area contributed by atoms with Gasteiger partial charge in [0.25, 0.3) is 10.1 Å². The minimum Gasteiger partial charge on any atom is -0.366 e. The van der Waals surface area contributed by atoms with Crippen LogP contribution in [0, 0.1) is 18.8 Å². The van der Waals surface area contributed by atoms with Crippen LogP contribution < -0.4 is 0 Å². The van der Waals surface area contributed by atoms with Gasteiger partial charge in [-0.25, -0.2) is 0 Å². The van der Waals surface area contributed by atoms with E-state index >= 15 is 0 Å². The molecule has 0 N–H and O–H groups in total. The van der Waals surface area contributed by atoms with E-state index in [1.165, 1.54) is 0 Å². The molecule has 1 aromatic carbocycles. The molecule has 3 rings (SSSR count). The van der Waals surface area contributed by atoms with Crippen LogP contribution in [0.3, 0.4) is 0 Å². The van der Waals surface area contributed by atoms with E-state index in [1.807, 2.05) is 19.1 Å². The molecule has 0 radical (unpaired) electrons. The second kappa shape index (κ2) is 4.98. The first-order valence-corrected chi connectivity index (χ1v) is 8.18. The third-order valence-corrected chi connectivity index (χ3v) is 5.44. The van der Waals surface area contributed by atoms with Gasteiger partial charge < -0.3 is 4.74 Å². The topological polar surface area (TPSA) is 52.6 Å². The lowest BCUT2D eigenvalue weighted by Crippen LogP contribution is -2.27. The molecule has 1 aromatic rings. The fraction of sp³-hybridized carbons (Fsp3) is 0.467. The Morgan fingerprint density at radius 3 is 2.40 bits per heavy atom. The summed E-state index contributed by atoms with van der Waals surface area (Å²) in [6, 6.07) is 6.68. The Morgan fingerprint density at radius 2 is 1.80 bits per heavy atom. The number of rotatable bonds is 4. The lowest BCUT2D eigenvalue weighted by molar-refractivity contribution is 0.0972. The van der Waals surface area contributed by atoms with Crippen molar-refractivity contribution in [3.05, 3.63) is 42.0 Å². The highest BCUT2D eigenvalue weighted by atomic mass is 32.2. The normalized spacial score (nSPS) is 31.9. The van der Waals surface area contributed by atoms with Gasteiger partial charge >= 0.3 is 0 Å². The summed E-state index contributed by atoms with van der Waals surface area (Å²) in [7, 11) is -3.68. The zero-order valence-electron chi connectivity index (χ0n) is 11.5. The van der Waals surface area contributed by atoms with Crippen molar-refractivity contribution in [3.8, 4) is 0 Å². The Balaban J connectivity index is 1.69. The van der Waals surface area contributed by atoms with Gasteiger partial charge in [-0.05, 0) is 25.0 Å². The fourth-order valence-corrected chi connectivity index (χ4v) is 3.71. The molecule has 2 aliphatic heterocycles. The number of fused-ring (bicyclic) bond motifs is 2. The number of benzene rings is 1. The summed E-state index contributed by atoms with van der Waals surface area (Å²) < 4.78 is 35.2. The van der Waals surface area contributed by atoms with Gasteiger partial charge in [-0.1, -0.05) is 36.8 Å². The first-order valence-electron chi connectivity index (χ1n) is 6.77. The van der Waals surface area contributed by atoms with E-state index in [4.69, 9.17) is 8.92 Å². The zero-order chi connectivity index (χ0) is 14.3. The Labute approximate surface area is 119 Å². The summed E-state index contributed by atoms with van der Waals surface area (Å²) in [5.74, 6) is 0.392. The Morgan fingerprint density at radius 1 is 1.15 bits per heavy atom. The highest BCUT2D eigenvalue weighted by molar-refractivity contribution is 7.86. The Hall–Kier alpha value is -1.17. The van der Waals surface area contributed by atoms with Gasteiger partial charge in [0.2, 0.25) is 0 Å². The van der Waals surface area contributed by atoms with E-state index in [2.05, 4.69) is 6.92 Å². The van der Waals surface area contributed by atoms with Gasteiger partial charge in [0.05, 0.1) is 23.7 Å². The average molecular weight is 294 g/mol. The van der Waals surface area contributed by atoms with Crippen molar-refractivity contribution in [2.45, 2.75) is 31.0 Å². The molecule has 5 heteroatoms. The second-order valence-corrected chi connectivity index (χ2v) is 7.14. The zero-order valence-corrected chi connectivity index (χ0v) is 12.3. The number of aryl methyl sites for hydroxylation is 1. The minimum atomic E-state index is -3.68. The average Bonchev–Trinajstić information content (AvgIpc) is 2.98. The molecule has 0 amide bonds. The van der Waals surface area contributed by atoms with E-state index in [0.717, 1.165) is 5.56 Å². The van der Waals surface area contributed by atoms with E-state index in [1.54, 1.807) is 24.3 Å². The quantitative estimate of drug-likeness (QED) is 0.631. The highest BCUT2D eigenvalue weighted by Gasteiger charge is 2.43. The predicted octanol–water partition coefficient (Wildman–Crippen LogP) is 2.29. The summed E-state index contributed by atoms with van der Waals surface area (Å²) in [6.07, 6.45) is 4.14. The van der Waals surface area contributed by atoms with Crippen molar-refractivity contribution in [2.75, 3.05) is 6.61 Å². The van der Waals surface area contributed by atoms with Crippen LogP contribution in [-0.4, -0.2) is 27.2 Å². The van der Waals surface area contributed by atoms with Gasteiger partial charge in [-0.15, -0.1) is 0 Å². The molecule has 0 aliphatic carbocycles. The van der Waals surface area contributed by atoms with Crippen molar-refractivity contribution < 1.29 is 17.3 Å². The molecule has 2 bridgehead atoms. The molecule has 0 unspecified atom stereocenters. The molecule has 0 aromatic heterocycles. The summed E-state index contributed by atoms with van der Waals surface area (Å²) in [4.78, 5) is 0.204. The third-order valence-electron chi connectivity index (χ3n) is 4.15. The summed E-state index contributed by atoms with van der Waals surface area (Å²) in [6.45, 7) is 4.15. The van der Waals surface area contributed by atoms with Crippen LogP contribution >= 0.6 is 0 Å². The molecular formula is C15H18O4S. The van der Waals surface area contributed by atoms with Crippen molar-refractivity contribution in [1.29, 1.82) is 0 Å². The molecule has 0 spiro atoms. The summed E-state index contributed by atoms with van der Waals surface area (Å²) in [5.41, 5.74) is 1.02. The predicted molar refractivity (Wildman–Crippen MR) is 74.8 cm³/mol. The van der Waals surface area contributed by atoms with Crippen LogP contribution in [-0.2, 0) is 19.0 Å². The van der Waals surface area contributed by atoms with Crippen molar-refractivity contribution >= 4 is 10.1 Å². The molecule has 2 aliphatic rings. The van der Waals surface area contributed by atoms with Crippen LogP contribution in [0.1, 0.15) is 12.5 Å². The first-order chi connectivity index (χ1) is 9.47. The molecule has 108 valence electrons. The largest absolute Gasteiger partial charge is 0.366 e. The first kappa shape index (κ1) is 13.8. The van der Waals surface area contributed by atoms with Gasteiger partial charge in [-0.2, -0.15) is 8.42 Å². The lowest BCUT2D eigenvalue weighted by atomic mass is 9.85. The molecule has 4 nitrogen and oxygen atoms in total. The van der Waals surface area contributed by atoms with Crippen LogP contribution in [0.15, 0.2) is 41.3 Å². The summed E-state index contributed by atoms with van der Waals surface area (Å²) in [5, 5.41) is 0. The van der Waals surface area contributed by atoms with Gasteiger partial charge in [0.15, 0.2) is 0 Å². The Kier molecular flexibility index (Phi) is 3.44. The lowest BCUT2D eigenvalue weighted by Gasteiger charge is -2.21. The van der Waals surface area contributed by atoms with E-state index in [0.29, 0.717) is 5.92 Å². The van der Waals surface area contributed by atoms with E-state index < -0.39 is 10.1 Å². The van der Waals surface area contributed by atoms with E-state index in [9.17, 15) is 8.42 Å². The van der Waals surface area contributed by atoms with Crippen molar-refractivity contribution in [1.82, 2.24) is 0 Å². The molecule has 0 saturated carbocycles. The third kappa shape index (κ3) is 2.41. The molecule has 1 saturated heterocycles. The monoisotopic (exact) mass is 294 g/mol. The van der Waals surface area contributed by atoms with Gasteiger partial charge in [0.1, 0.15) is 0 Å². The standard InChI is InChI=1S/C15H18O4S/c1-10-3-5-12(6-4-10)20(16,17)18-9-13-11(2)14-7-8-15(13)19-14/h3-8,11,13-15H,9H2,1-2H3/t11-,13+,14+,15-/m1/s1. The molecular weight excluding hydrogens is 276 g/mol. The van der Waals surface area contributed by atoms with Gasteiger partial charge in [-0.3, -0.25) is 4.18 Å². The number of hydrogen-bond acceptors (Lipinski definition) is 4. The van der Waals surface area contributed by atoms with Crippen molar-refractivity contribution in [3.63, 3.8) is 0 Å². The highest BCUT2D eigenvalue weighted by Crippen LogP contribution is 2.39. The van der Waals surface area contributed by atoms with Crippen LogP contribution in [0.4, 0.5) is 0 Å². The molecule has 1 fully saturated rings. The fourth-order valence-electron chi connectivity index (χ4n) is 2.76. The van der Waals surface area contributed by atoms with Crippen LogP contribution in [0.2, 0.25) is 0 Å². The SMILES string of the molecule is Cc1ccc(S(=O)(=O)OC[C@H]2[C@@H](C)[C@@H]3C=C[C@H]2O3)cc1. The van der Waals surface area contributed by atoms with Crippen molar-refractivity contribution in [2.24, 2.45) is 11.8 Å². The van der Waals surface area contributed by atoms with Crippen LogP contribution in [0.25, 0.3) is 0 Å². The maximum absolute atomic E-state index is 12.1. The maximum Gasteiger partial charge on any atom is 0.296 e. The Bertz CT molecular complexity index is 618. The molecule has 4 atom stereocenters. The number of hydrogen-bond donors (Lipinski definition) is 0. The van der Waals surface area contributed by atoms with E-state index in [-0.39, 0.29) is 29.6 Å². The number of ether oxygens (including phenoxy) is 1. The van der Waals surface area contributed by atoms with Gasteiger partial charge in [0, 0.05) is 5.92 Å². The maximum atomic E-state index is 12.1. The molecule has 2 heterocycles. The second-order valence-electron chi connectivity index (χ2n) is 5.52. The smallest absolute Gasteiger partial charge is 0.296 e.